The molecule has 1 rings (SSSR count). The lowest BCUT2D eigenvalue weighted by atomic mass is 9.89. The molecular formula is C17H32N2O3. The Morgan fingerprint density at radius 3 is 2.27 bits per heavy atom. The number of carbonyl (C=O) groups excluding carboxylic acids is 1. The van der Waals surface area contributed by atoms with E-state index >= 15 is 0 Å². The molecule has 0 saturated heterocycles. The molecule has 1 amide bonds. The van der Waals surface area contributed by atoms with E-state index in [9.17, 15) is 14.7 Å². The van der Waals surface area contributed by atoms with E-state index in [1.807, 2.05) is 34.7 Å². The van der Waals surface area contributed by atoms with Crippen molar-refractivity contribution < 1.29 is 14.7 Å². The fourth-order valence-corrected chi connectivity index (χ4v) is 3.09. The van der Waals surface area contributed by atoms with Gasteiger partial charge in [-0.1, -0.05) is 39.5 Å². The number of nitrogens with one attached hydrogen (secondary N) is 1. The maximum atomic E-state index is 12.7. The molecule has 2 unspecified atom stereocenters. The number of likely N-dealkylation sites (N-methyl/N-ethyl adjacent to an activating group) is 1. The van der Waals surface area contributed by atoms with E-state index in [1.165, 1.54) is 19.3 Å². The van der Waals surface area contributed by atoms with Gasteiger partial charge in [0.2, 0.25) is 5.91 Å². The molecule has 0 aliphatic heterocycles. The van der Waals surface area contributed by atoms with Gasteiger partial charge in [-0.15, -0.1) is 0 Å². The van der Waals surface area contributed by atoms with Crippen molar-refractivity contribution >= 4 is 11.9 Å². The molecule has 2 atom stereocenters. The van der Waals surface area contributed by atoms with Crippen molar-refractivity contribution in [2.75, 3.05) is 7.05 Å². The minimum absolute atomic E-state index is 0.0859. The number of hydrogen-bond acceptors (Lipinski definition) is 3. The third kappa shape index (κ3) is 4.45. The number of carbonyl (C=O) groups is 2. The van der Waals surface area contributed by atoms with Crippen molar-refractivity contribution in [2.45, 2.75) is 83.8 Å². The Bertz CT molecular complexity index is 389. The van der Waals surface area contributed by atoms with Gasteiger partial charge in [-0.25, -0.2) is 4.79 Å². The first-order chi connectivity index (χ1) is 10.2. The highest BCUT2D eigenvalue weighted by atomic mass is 16.4. The van der Waals surface area contributed by atoms with Crippen LogP contribution in [-0.4, -0.2) is 46.6 Å². The smallest absolute Gasteiger partial charge is 0.326 e. The van der Waals surface area contributed by atoms with Crippen molar-refractivity contribution in [3.8, 4) is 0 Å². The summed E-state index contributed by atoms with van der Waals surface area (Å²) >= 11 is 0. The Labute approximate surface area is 134 Å². The average Bonchev–Trinajstić information content (AvgIpc) is 2.51. The summed E-state index contributed by atoms with van der Waals surface area (Å²) in [6.07, 6.45) is 6.62. The molecule has 0 aromatic heterocycles. The van der Waals surface area contributed by atoms with Gasteiger partial charge in [-0.2, -0.15) is 0 Å². The zero-order chi connectivity index (χ0) is 16.9. The maximum Gasteiger partial charge on any atom is 0.326 e. The minimum Gasteiger partial charge on any atom is -0.480 e. The van der Waals surface area contributed by atoms with Crippen molar-refractivity contribution in [1.29, 1.82) is 0 Å². The van der Waals surface area contributed by atoms with Crippen LogP contribution in [0.3, 0.4) is 0 Å². The van der Waals surface area contributed by atoms with Gasteiger partial charge >= 0.3 is 5.97 Å². The lowest BCUT2D eigenvalue weighted by molar-refractivity contribution is -0.145. The SMILES string of the molecule is CCC(C)C(NC(=O)C(C)(C)N(C)C1CCCCC1)C(=O)O. The van der Waals surface area contributed by atoms with Crippen LogP contribution in [0.2, 0.25) is 0 Å². The summed E-state index contributed by atoms with van der Waals surface area (Å²) in [6.45, 7) is 7.56. The molecular weight excluding hydrogens is 280 g/mol. The predicted molar refractivity (Wildman–Crippen MR) is 87.7 cm³/mol. The molecule has 1 fully saturated rings. The van der Waals surface area contributed by atoms with Crippen molar-refractivity contribution in [3.63, 3.8) is 0 Å². The Hall–Kier alpha value is -1.10. The van der Waals surface area contributed by atoms with Crippen LogP contribution in [0.1, 0.15) is 66.2 Å². The highest BCUT2D eigenvalue weighted by Crippen LogP contribution is 2.27. The van der Waals surface area contributed by atoms with Crippen LogP contribution >= 0.6 is 0 Å². The molecule has 128 valence electrons. The minimum atomic E-state index is -0.959. The zero-order valence-corrected chi connectivity index (χ0v) is 14.7. The maximum absolute atomic E-state index is 12.7. The van der Waals surface area contributed by atoms with Crippen LogP contribution in [0.15, 0.2) is 0 Å². The molecule has 0 bridgehead atoms. The molecule has 1 aliphatic carbocycles. The Balaban J connectivity index is 2.77. The normalized spacial score (nSPS) is 19.7. The van der Waals surface area contributed by atoms with E-state index in [1.54, 1.807) is 0 Å². The van der Waals surface area contributed by atoms with E-state index in [0.717, 1.165) is 19.3 Å². The summed E-state index contributed by atoms with van der Waals surface area (Å²) in [5, 5.41) is 12.1. The molecule has 5 nitrogen and oxygen atoms in total. The van der Waals surface area contributed by atoms with E-state index in [0.29, 0.717) is 6.04 Å². The number of hydrogen-bond donors (Lipinski definition) is 2. The topological polar surface area (TPSA) is 69.6 Å². The molecule has 5 heteroatoms. The summed E-state index contributed by atoms with van der Waals surface area (Å²) in [6, 6.07) is -0.419. The molecule has 0 spiro atoms. The fraction of sp³-hybridized carbons (Fsp3) is 0.882. The van der Waals surface area contributed by atoms with Gasteiger partial charge in [0, 0.05) is 6.04 Å². The van der Waals surface area contributed by atoms with E-state index < -0.39 is 17.6 Å². The van der Waals surface area contributed by atoms with E-state index in [2.05, 4.69) is 10.2 Å². The molecule has 0 aromatic carbocycles. The number of rotatable bonds is 7. The molecule has 2 N–H and O–H groups in total. The molecule has 0 heterocycles. The first kappa shape index (κ1) is 18.9. The Morgan fingerprint density at radius 2 is 1.82 bits per heavy atom. The summed E-state index contributed by atoms with van der Waals surface area (Å²) < 4.78 is 0. The fourth-order valence-electron chi connectivity index (χ4n) is 3.09. The van der Waals surface area contributed by atoms with Crippen molar-refractivity contribution in [3.05, 3.63) is 0 Å². The number of nitrogens with zero attached hydrogens (tertiary/aromatic N) is 1. The largest absolute Gasteiger partial charge is 0.480 e. The molecule has 0 aromatic rings. The van der Waals surface area contributed by atoms with Gasteiger partial charge in [0.25, 0.3) is 0 Å². The van der Waals surface area contributed by atoms with Crippen molar-refractivity contribution in [2.24, 2.45) is 5.92 Å². The number of carboxylic acids is 1. The summed E-state index contributed by atoms with van der Waals surface area (Å²) in [5.41, 5.74) is -0.705. The second-order valence-electron chi connectivity index (χ2n) is 7.14. The second-order valence-corrected chi connectivity index (χ2v) is 7.14. The highest BCUT2D eigenvalue weighted by Gasteiger charge is 2.39. The van der Waals surface area contributed by atoms with Gasteiger partial charge in [-0.3, -0.25) is 9.69 Å². The molecule has 22 heavy (non-hydrogen) atoms. The lowest BCUT2D eigenvalue weighted by Crippen LogP contribution is -2.60. The van der Waals surface area contributed by atoms with E-state index in [-0.39, 0.29) is 11.8 Å². The van der Waals surface area contributed by atoms with Crippen LogP contribution in [0.25, 0.3) is 0 Å². The number of amides is 1. The monoisotopic (exact) mass is 312 g/mol. The van der Waals surface area contributed by atoms with Crippen LogP contribution in [-0.2, 0) is 9.59 Å². The summed E-state index contributed by atoms with van der Waals surface area (Å²) in [5.74, 6) is -1.25. The highest BCUT2D eigenvalue weighted by molar-refractivity contribution is 5.89. The third-order valence-electron chi connectivity index (χ3n) is 5.33. The van der Waals surface area contributed by atoms with Crippen LogP contribution in [0.4, 0.5) is 0 Å². The summed E-state index contributed by atoms with van der Waals surface area (Å²) in [7, 11) is 1.98. The Kier molecular flexibility index (Phi) is 6.85. The van der Waals surface area contributed by atoms with Gasteiger partial charge in [0.15, 0.2) is 0 Å². The number of aliphatic carboxylic acids is 1. The standard InChI is InChI=1S/C17H32N2O3/c1-6-12(2)14(15(20)21)18-16(22)17(3,4)19(5)13-10-8-7-9-11-13/h12-14H,6-11H2,1-5H3,(H,18,22)(H,20,21). The number of carboxylic acid groups (broad SMARTS) is 1. The van der Waals surface area contributed by atoms with Crippen LogP contribution in [0, 0.1) is 5.92 Å². The van der Waals surface area contributed by atoms with Crippen molar-refractivity contribution in [1.82, 2.24) is 10.2 Å². The second kappa shape index (κ2) is 7.95. The van der Waals surface area contributed by atoms with Gasteiger partial charge < -0.3 is 10.4 Å². The zero-order valence-electron chi connectivity index (χ0n) is 14.7. The average molecular weight is 312 g/mol. The Morgan fingerprint density at radius 1 is 1.27 bits per heavy atom. The third-order valence-corrected chi connectivity index (χ3v) is 5.33. The summed E-state index contributed by atoms with van der Waals surface area (Å²) in [4.78, 5) is 26.2. The van der Waals surface area contributed by atoms with Gasteiger partial charge in [-0.05, 0) is 39.7 Å². The molecule has 1 aliphatic rings. The quantitative estimate of drug-likeness (QED) is 0.758. The first-order valence-electron chi connectivity index (χ1n) is 8.48. The first-order valence-corrected chi connectivity index (χ1v) is 8.48. The van der Waals surface area contributed by atoms with E-state index in [4.69, 9.17) is 0 Å². The predicted octanol–water partition coefficient (Wildman–Crippen LogP) is 2.64. The lowest BCUT2D eigenvalue weighted by Gasteiger charge is -2.42. The van der Waals surface area contributed by atoms with Crippen LogP contribution < -0.4 is 5.32 Å². The van der Waals surface area contributed by atoms with Crippen LogP contribution in [0.5, 0.6) is 0 Å². The molecule has 0 radical (unpaired) electrons. The molecule has 1 saturated carbocycles. The van der Waals surface area contributed by atoms with Gasteiger partial charge in [0.05, 0.1) is 5.54 Å². The van der Waals surface area contributed by atoms with Gasteiger partial charge in [0.1, 0.15) is 6.04 Å².